The van der Waals surface area contributed by atoms with E-state index in [0.717, 1.165) is 0 Å². The van der Waals surface area contributed by atoms with E-state index in [1.54, 1.807) is 0 Å². The minimum absolute atomic E-state index is 0.0919. The SMILES string of the molecule is O=C1CS(O)(O)CCCS(O)(O)C1. The van der Waals surface area contributed by atoms with E-state index in [1.165, 1.54) is 0 Å². The van der Waals surface area contributed by atoms with Crippen molar-refractivity contribution in [1.82, 2.24) is 0 Å². The minimum Gasteiger partial charge on any atom is -0.299 e. The van der Waals surface area contributed by atoms with Gasteiger partial charge in [-0.3, -0.25) is 23.0 Å². The Hall–Kier alpha value is 0.210. The molecule has 4 N–H and O–H groups in total. The highest BCUT2D eigenvalue weighted by atomic mass is 32.3. The summed E-state index contributed by atoms with van der Waals surface area (Å²) in [5.74, 6) is -0.950. The molecule has 0 aliphatic carbocycles. The molecule has 0 aromatic rings. The fraction of sp³-hybridized carbons (Fsp3) is 0.833. The molecule has 1 rings (SSSR count). The molecule has 7 heteroatoms. The van der Waals surface area contributed by atoms with Gasteiger partial charge in [0.25, 0.3) is 0 Å². The first kappa shape index (κ1) is 11.3. The second-order valence-electron chi connectivity index (χ2n) is 3.19. The van der Waals surface area contributed by atoms with Crippen LogP contribution in [0.4, 0.5) is 0 Å². The summed E-state index contributed by atoms with van der Waals surface area (Å²) in [5, 5.41) is 0. The molecule has 0 saturated carbocycles. The van der Waals surface area contributed by atoms with Gasteiger partial charge in [0.2, 0.25) is 0 Å². The Morgan fingerprint density at radius 1 is 0.923 bits per heavy atom. The molecule has 5 nitrogen and oxygen atoms in total. The fourth-order valence-corrected chi connectivity index (χ4v) is 4.27. The summed E-state index contributed by atoms with van der Waals surface area (Å²) >= 11 is 0. The maximum atomic E-state index is 11.1. The van der Waals surface area contributed by atoms with Gasteiger partial charge in [0, 0.05) is 11.5 Å². The lowest BCUT2D eigenvalue weighted by Crippen LogP contribution is -2.26. The summed E-state index contributed by atoms with van der Waals surface area (Å²) in [6.07, 6.45) is 0.345. The molecule has 0 aromatic carbocycles. The summed E-state index contributed by atoms with van der Waals surface area (Å²) < 4.78 is 37.1. The molecular formula is C6H14O5S2. The number of hydrogen-bond acceptors (Lipinski definition) is 5. The fourth-order valence-electron chi connectivity index (χ4n) is 1.22. The molecule has 0 atom stereocenters. The van der Waals surface area contributed by atoms with Crippen molar-refractivity contribution in [2.24, 2.45) is 0 Å². The number of carbonyl (C=O) groups is 1. The zero-order chi connectivity index (χ0) is 10.1. The number of hydrogen-bond donors (Lipinski definition) is 4. The van der Waals surface area contributed by atoms with E-state index in [9.17, 15) is 23.0 Å². The second kappa shape index (κ2) is 3.76. The number of Topliss-reactive ketones (excluding diaryl/α,β-unsaturated/α-hetero) is 1. The lowest BCUT2D eigenvalue weighted by atomic mass is 10.5. The first-order chi connectivity index (χ1) is 5.81. The van der Waals surface area contributed by atoms with Crippen LogP contribution in [0.15, 0.2) is 0 Å². The first-order valence-corrected chi connectivity index (χ1v) is 7.57. The zero-order valence-corrected chi connectivity index (χ0v) is 8.68. The van der Waals surface area contributed by atoms with E-state index in [2.05, 4.69) is 0 Å². The maximum Gasteiger partial charge on any atom is 0.170 e. The summed E-state index contributed by atoms with van der Waals surface area (Å²) in [7, 11) is -5.60. The predicted octanol–water partition coefficient (Wildman–Crippen LogP) is 1.46. The van der Waals surface area contributed by atoms with E-state index in [4.69, 9.17) is 0 Å². The molecular weight excluding hydrogens is 216 g/mol. The van der Waals surface area contributed by atoms with Gasteiger partial charge in [0.05, 0.1) is 11.5 Å². The van der Waals surface area contributed by atoms with Gasteiger partial charge in [-0.25, -0.2) is 0 Å². The van der Waals surface area contributed by atoms with Gasteiger partial charge in [0.15, 0.2) is 5.78 Å². The summed E-state index contributed by atoms with van der Waals surface area (Å²) in [5.41, 5.74) is 0. The third-order valence-corrected chi connectivity index (χ3v) is 5.18. The molecule has 0 radical (unpaired) electrons. The molecule has 1 saturated heterocycles. The van der Waals surface area contributed by atoms with Gasteiger partial charge in [-0.05, 0) is 6.42 Å². The third-order valence-electron chi connectivity index (χ3n) is 1.73. The van der Waals surface area contributed by atoms with E-state index < -0.39 is 27.0 Å². The molecule has 1 aliphatic heterocycles. The van der Waals surface area contributed by atoms with Crippen molar-refractivity contribution in [1.29, 1.82) is 0 Å². The van der Waals surface area contributed by atoms with Crippen molar-refractivity contribution in [2.75, 3.05) is 23.0 Å². The Morgan fingerprint density at radius 3 is 1.69 bits per heavy atom. The van der Waals surface area contributed by atoms with Crippen LogP contribution in [-0.2, 0) is 4.79 Å². The molecule has 0 unspecified atom stereocenters. The van der Waals surface area contributed by atoms with Gasteiger partial charge in [-0.15, -0.1) is 0 Å². The summed E-state index contributed by atoms with van der Waals surface area (Å²) in [6, 6.07) is 0. The normalized spacial score (nSPS) is 32.8. The van der Waals surface area contributed by atoms with Crippen molar-refractivity contribution in [2.45, 2.75) is 6.42 Å². The second-order valence-corrected chi connectivity index (χ2v) is 7.80. The van der Waals surface area contributed by atoms with Crippen LogP contribution in [0.2, 0.25) is 0 Å². The monoisotopic (exact) mass is 230 g/mol. The lowest BCUT2D eigenvalue weighted by molar-refractivity contribution is -0.114. The average Bonchev–Trinajstić information content (AvgIpc) is 1.79. The van der Waals surface area contributed by atoms with E-state index in [-0.39, 0.29) is 23.0 Å². The van der Waals surface area contributed by atoms with Crippen LogP contribution in [0.3, 0.4) is 0 Å². The Morgan fingerprint density at radius 2 is 1.31 bits per heavy atom. The standard InChI is InChI=1S/C6H14O5S2/c7-6-4-12(8,9)2-1-3-13(10,11)5-6/h8-11H,1-5H2. The lowest BCUT2D eigenvalue weighted by Gasteiger charge is -2.39. The van der Waals surface area contributed by atoms with Crippen LogP contribution >= 0.6 is 21.2 Å². The molecule has 80 valence electrons. The first-order valence-electron chi connectivity index (χ1n) is 3.80. The minimum atomic E-state index is -2.80. The van der Waals surface area contributed by atoms with Crippen molar-refractivity contribution < 1.29 is 23.0 Å². The van der Waals surface area contributed by atoms with Crippen molar-refractivity contribution in [3.05, 3.63) is 0 Å². The van der Waals surface area contributed by atoms with Gasteiger partial charge >= 0.3 is 0 Å². The molecule has 13 heavy (non-hydrogen) atoms. The van der Waals surface area contributed by atoms with Gasteiger partial charge < -0.3 is 0 Å². The molecule has 1 fully saturated rings. The smallest absolute Gasteiger partial charge is 0.170 e. The van der Waals surface area contributed by atoms with Crippen LogP contribution in [-0.4, -0.2) is 47.0 Å². The third kappa shape index (κ3) is 3.84. The molecule has 1 aliphatic rings. The van der Waals surface area contributed by atoms with Crippen molar-refractivity contribution in [3.8, 4) is 0 Å². The number of ketones is 1. The van der Waals surface area contributed by atoms with Crippen LogP contribution in [0.1, 0.15) is 6.42 Å². The Bertz CT molecular complexity index is 195. The predicted molar refractivity (Wildman–Crippen MR) is 54.8 cm³/mol. The van der Waals surface area contributed by atoms with Crippen LogP contribution in [0.25, 0.3) is 0 Å². The van der Waals surface area contributed by atoms with Gasteiger partial charge in [-0.1, -0.05) is 0 Å². The Kier molecular flexibility index (Phi) is 3.26. The Balaban J connectivity index is 2.65. The average molecular weight is 230 g/mol. The highest BCUT2D eigenvalue weighted by Crippen LogP contribution is 2.47. The molecule has 0 amide bonds. The zero-order valence-electron chi connectivity index (χ0n) is 7.05. The van der Waals surface area contributed by atoms with Crippen molar-refractivity contribution in [3.63, 3.8) is 0 Å². The van der Waals surface area contributed by atoms with Gasteiger partial charge in [-0.2, -0.15) is 21.2 Å². The number of carbonyl (C=O) groups excluding carboxylic acids is 1. The Labute approximate surface area is 79.9 Å². The molecule has 0 spiro atoms. The maximum absolute atomic E-state index is 11.1. The molecule has 0 bridgehead atoms. The van der Waals surface area contributed by atoms with E-state index in [0.29, 0.717) is 6.42 Å². The van der Waals surface area contributed by atoms with Crippen LogP contribution in [0.5, 0.6) is 0 Å². The van der Waals surface area contributed by atoms with E-state index in [1.807, 2.05) is 0 Å². The summed E-state index contributed by atoms with van der Waals surface area (Å²) in [6.45, 7) is 0. The van der Waals surface area contributed by atoms with E-state index >= 15 is 0 Å². The van der Waals surface area contributed by atoms with Gasteiger partial charge in [0.1, 0.15) is 0 Å². The molecule has 0 aromatic heterocycles. The van der Waals surface area contributed by atoms with Crippen molar-refractivity contribution >= 4 is 27.0 Å². The largest absolute Gasteiger partial charge is 0.299 e. The highest BCUT2D eigenvalue weighted by molar-refractivity contribution is 8.26. The van der Waals surface area contributed by atoms with Crippen LogP contribution < -0.4 is 0 Å². The highest BCUT2D eigenvalue weighted by Gasteiger charge is 2.26. The topological polar surface area (TPSA) is 98.0 Å². The summed E-state index contributed by atoms with van der Waals surface area (Å²) in [4.78, 5) is 11.1. The van der Waals surface area contributed by atoms with Crippen LogP contribution in [0, 0.1) is 0 Å². The molecule has 1 heterocycles. The number of rotatable bonds is 0. The quantitative estimate of drug-likeness (QED) is 0.505.